The fourth-order valence-electron chi connectivity index (χ4n) is 1.78. The van der Waals surface area contributed by atoms with E-state index in [9.17, 15) is 9.59 Å². The van der Waals surface area contributed by atoms with Crippen molar-refractivity contribution >= 4 is 17.6 Å². The highest BCUT2D eigenvalue weighted by molar-refractivity contribution is 5.80. The van der Waals surface area contributed by atoms with Crippen molar-refractivity contribution in [3.8, 4) is 6.07 Å². The molecule has 0 saturated heterocycles. The number of aryl methyl sites for hydroxylation is 1. The number of carbonyl (C=O) groups is 2. The van der Waals surface area contributed by atoms with Gasteiger partial charge in [-0.05, 0) is 24.1 Å². The second-order valence-corrected chi connectivity index (χ2v) is 3.95. The van der Waals surface area contributed by atoms with Gasteiger partial charge in [0.2, 0.25) is 0 Å². The van der Waals surface area contributed by atoms with Crippen molar-refractivity contribution < 1.29 is 19.8 Å². The van der Waals surface area contributed by atoms with Crippen LogP contribution in [0.25, 0.3) is 0 Å². The van der Waals surface area contributed by atoms with Gasteiger partial charge in [-0.1, -0.05) is 13.0 Å². The smallest absolute Gasteiger partial charge is 0.323 e. The molecule has 19 heavy (non-hydrogen) atoms. The predicted molar refractivity (Wildman–Crippen MR) is 68.0 cm³/mol. The first-order chi connectivity index (χ1) is 8.97. The minimum absolute atomic E-state index is 0.368. The first-order valence-electron chi connectivity index (χ1n) is 5.69. The van der Waals surface area contributed by atoms with Crippen molar-refractivity contribution in [2.24, 2.45) is 0 Å². The fraction of sp³-hybridized carbons (Fsp3) is 0.308. The van der Waals surface area contributed by atoms with Gasteiger partial charge in [0.05, 0.1) is 11.6 Å². The molecule has 0 aliphatic rings. The number of aliphatic carboxylic acids is 2. The van der Waals surface area contributed by atoms with Gasteiger partial charge < -0.3 is 15.1 Å². The summed E-state index contributed by atoms with van der Waals surface area (Å²) in [5.74, 6) is -2.24. The summed E-state index contributed by atoms with van der Waals surface area (Å²) >= 11 is 0. The van der Waals surface area contributed by atoms with E-state index in [-0.39, 0.29) is 0 Å². The molecule has 0 bridgehead atoms. The quantitative estimate of drug-likeness (QED) is 0.795. The molecule has 0 aliphatic heterocycles. The Morgan fingerprint density at radius 3 is 2.26 bits per heavy atom. The van der Waals surface area contributed by atoms with E-state index in [1.807, 2.05) is 13.0 Å². The van der Waals surface area contributed by atoms with Gasteiger partial charge >= 0.3 is 11.9 Å². The molecule has 6 nitrogen and oxygen atoms in total. The maximum atomic E-state index is 10.8. The maximum Gasteiger partial charge on any atom is 0.323 e. The molecular weight excluding hydrogens is 248 g/mol. The number of carboxylic acid groups (broad SMARTS) is 2. The molecule has 0 amide bonds. The van der Waals surface area contributed by atoms with Crippen molar-refractivity contribution in [1.82, 2.24) is 0 Å². The average molecular weight is 262 g/mol. The monoisotopic (exact) mass is 262 g/mol. The summed E-state index contributed by atoms with van der Waals surface area (Å²) in [4.78, 5) is 22.9. The number of hydrogen-bond acceptors (Lipinski definition) is 4. The minimum atomic E-state index is -1.12. The van der Waals surface area contributed by atoms with Gasteiger partial charge in [-0.25, -0.2) is 0 Å². The Balaban J connectivity index is 3.22. The van der Waals surface area contributed by atoms with Crippen molar-refractivity contribution in [1.29, 1.82) is 5.26 Å². The first-order valence-corrected chi connectivity index (χ1v) is 5.69. The van der Waals surface area contributed by atoms with Crippen molar-refractivity contribution in [3.63, 3.8) is 0 Å². The minimum Gasteiger partial charge on any atom is -0.480 e. The van der Waals surface area contributed by atoms with Gasteiger partial charge in [-0.15, -0.1) is 0 Å². The third kappa shape index (κ3) is 4.00. The lowest BCUT2D eigenvalue weighted by molar-refractivity contribution is -0.136. The Labute approximate surface area is 110 Å². The molecule has 0 atom stereocenters. The van der Waals surface area contributed by atoms with Crippen LogP contribution in [-0.4, -0.2) is 35.2 Å². The van der Waals surface area contributed by atoms with E-state index in [1.165, 1.54) is 11.0 Å². The Hall–Kier alpha value is -2.55. The summed E-state index contributed by atoms with van der Waals surface area (Å²) in [7, 11) is 0. The van der Waals surface area contributed by atoms with Crippen molar-refractivity contribution in [2.75, 3.05) is 18.0 Å². The van der Waals surface area contributed by atoms with Gasteiger partial charge in [0.1, 0.15) is 13.1 Å². The molecule has 0 spiro atoms. The van der Waals surface area contributed by atoms with E-state index < -0.39 is 25.0 Å². The largest absolute Gasteiger partial charge is 0.480 e. The predicted octanol–water partition coefficient (Wildman–Crippen LogP) is 1.10. The second-order valence-electron chi connectivity index (χ2n) is 3.95. The van der Waals surface area contributed by atoms with Crippen LogP contribution in [0.2, 0.25) is 0 Å². The van der Waals surface area contributed by atoms with E-state index in [2.05, 4.69) is 0 Å². The van der Waals surface area contributed by atoms with Crippen LogP contribution in [0, 0.1) is 11.3 Å². The molecule has 0 aromatic heterocycles. The molecule has 0 fully saturated rings. The summed E-state index contributed by atoms with van der Waals surface area (Å²) in [5, 5.41) is 26.6. The van der Waals surface area contributed by atoms with Crippen molar-refractivity contribution in [3.05, 3.63) is 29.3 Å². The molecule has 0 heterocycles. The third-order valence-electron chi connectivity index (χ3n) is 2.59. The summed E-state index contributed by atoms with van der Waals surface area (Å²) in [6.07, 6.45) is 0.622. The summed E-state index contributed by atoms with van der Waals surface area (Å²) in [6, 6.07) is 6.82. The summed E-state index contributed by atoms with van der Waals surface area (Å²) in [6.45, 7) is 1.03. The van der Waals surface area contributed by atoms with E-state index in [0.717, 1.165) is 5.56 Å². The molecule has 1 rings (SSSR count). The zero-order chi connectivity index (χ0) is 14.4. The van der Waals surface area contributed by atoms with Crippen LogP contribution in [0.5, 0.6) is 0 Å². The molecular formula is C13H14N2O4. The first kappa shape index (κ1) is 14.5. The standard InChI is InChI=1S/C13H14N2O4/c1-2-10-4-3-9(6-14)5-11(10)15(7-12(16)17)8-13(18)19/h3-5H,2,7-8H2,1H3,(H,16,17)(H,18,19). The highest BCUT2D eigenvalue weighted by atomic mass is 16.4. The van der Waals surface area contributed by atoms with E-state index in [4.69, 9.17) is 15.5 Å². The van der Waals surface area contributed by atoms with Crippen LogP contribution in [0.15, 0.2) is 18.2 Å². The average Bonchev–Trinajstić information content (AvgIpc) is 2.36. The number of carboxylic acids is 2. The number of benzene rings is 1. The lowest BCUT2D eigenvalue weighted by Gasteiger charge is -2.23. The Kier molecular flexibility index (Phi) is 4.89. The van der Waals surface area contributed by atoms with Gasteiger partial charge in [0.25, 0.3) is 0 Å². The van der Waals surface area contributed by atoms with Crippen LogP contribution >= 0.6 is 0 Å². The van der Waals surface area contributed by atoms with Gasteiger partial charge in [0, 0.05) is 5.69 Å². The second kappa shape index (κ2) is 6.40. The Morgan fingerprint density at radius 1 is 1.26 bits per heavy atom. The molecule has 100 valence electrons. The topological polar surface area (TPSA) is 102 Å². The number of nitriles is 1. The zero-order valence-electron chi connectivity index (χ0n) is 10.5. The van der Waals surface area contributed by atoms with E-state index in [1.54, 1.807) is 12.1 Å². The molecule has 0 radical (unpaired) electrons. The zero-order valence-corrected chi connectivity index (χ0v) is 10.5. The Morgan fingerprint density at radius 2 is 1.84 bits per heavy atom. The highest BCUT2D eigenvalue weighted by Crippen LogP contribution is 2.22. The molecule has 2 N–H and O–H groups in total. The van der Waals surface area contributed by atoms with Crippen LogP contribution < -0.4 is 4.90 Å². The van der Waals surface area contributed by atoms with E-state index in [0.29, 0.717) is 17.7 Å². The number of rotatable bonds is 6. The molecule has 6 heteroatoms. The number of hydrogen-bond donors (Lipinski definition) is 2. The Bertz CT molecular complexity index is 518. The third-order valence-corrected chi connectivity index (χ3v) is 2.59. The van der Waals surface area contributed by atoms with Crippen LogP contribution in [0.4, 0.5) is 5.69 Å². The fourth-order valence-corrected chi connectivity index (χ4v) is 1.78. The number of anilines is 1. The molecule has 0 saturated carbocycles. The van der Waals surface area contributed by atoms with Crippen LogP contribution in [0.3, 0.4) is 0 Å². The molecule has 1 aromatic carbocycles. The maximum absolute atomic E-state index is 10.8. The normalized spacial score (nSPS) is 9.68. The SMILES string of the molecule is CCc1ccc(C#N)cc1N(CC(=O)O)CC(=O)O. The lowest BCUT2D eigenvalue weighted by atomic mass is 10.1. The van der Waals surface area contributed by atoms with Crippen LogP contribution in [-0.2, 0) is 16.0 Å². The molecule has 0 aliphatic carbocycles. The van der Waals surface area contributed by atoms with Gasteiger partial charge in [-0.3, -0.25) is 9.59 Å². The van der Waals surface area contributed by atoms with E-state index >= 15 is 0 Å². The summed E-state index contributed by atoms with van der Waals surface area (Å²) < 4.78 is 0. The summed E-state index contributed by atoms with van der Waals surface area (Å²) in [5.41, 5.74) is 1.65. The highest BCUT2D eigenvalue weighted by Gasteiger charge is 2.17. The van der Waals surface area contributed by atoms with Crippen molar-refractivity contribution in [2.45, 2.75) is 13.3 Å². The number of nitrogens with zero attached hydrogens (tertiary/aromatic N) is 2. The molecule has 0 unspecified atom stereocenters. The molecule has 1 aromatic rings. The van der Waals surface area contributed by atoms with Crippen LogP contribution in [0.1, 0.15) is 18.1 Å². The van der Waals surface area contributed by atoms with Gasteiger partial charge in [-0.2, -0.15) is 5.26 Å². The van der Waals surface area contributed by atoms with Gasteiger partial charge in [0.15, 0.2) is 0 Å². The lowest BCUT2D eigenvalue weighted by Crippen LogP contribution is -2.35.